The van der Waals surface area contributed by atoms with E-state index < -0.39 is 0 Å². The molecule has 1 N–H and O–H groups in total. The molecule has 3 rings (SSSR count). The van der Waals surface area contributed by atoms with E-state index in [-0.39, 0.29) is 5.92 Å². The molecule has 4 heteroatoms. The molecule has 0 aromatic carbocycles. The summed E-state index contributed by atoms with van der Waals surface area (Å²) in [6.07, 6.45) is 6.25. The van der Waals surface area contributed by atoms with Crippen LogP contribution in [0.3, 0.4) is 0 Å². The van der Waals surface area contributed by atoms with Crippen LogP contribution in [-0.2, 0) is 0 Å². The molecule has 0 saturated carbocycles. The Labute approximate surface area is 93.1 Å². The van der Waals surface area contributed by atoms with Crippen LogP contribution in [0.5, 0.6) is 0 Å². The van der Waals surface area contributed by atoms with Crippen molar-refractivity contribution in [3.8, 4) is 0 Å². The van der Waals surface area contributed by atoms with E-state index in [0.717, 1.165) is 17.7 Å². The molecule has 2 aliphatic rings. The largest absolute Gasteiger partial charge is 0.311 e. The van der Waals surface area contributed by atoms with Gasteiger partial charge in [-0.1, -0.05) is 0 Å². The molecule has 2 atom stereocenters. The quantitative estimate of drug-likeness (QED) is 0.777. The van der Waals surface area contributed by atoms with Gasteiger partial charge in [0, 0.05) is 24.2 Å². The molecule has 2 aliphatic heterocycles. The number of hydrogen-bond acceptors (Lipinski definition) is 4. The lowest BCUT2D eigenvalue weighted by atomic mass is 9.88. The molecule has 2 saturated heterocycles. The van der Waals surface area contributed by atoms with Crippen LogP contribution in [0.2, 0.25) is 0 Å². The van der Waals surface area contributed by atoms with Gasteiger partial charge in [0.15, 0.2) is 5.78 Å². The molecule has 15 heavy (non-hydrogen) atoms. The summed E-state index contributed by atoms with van der Waals surface area (Å²) in [5.41, 5.74) is 0. The summed E-state index contributed by atoms with van der Waals surface area (Å²) in [4.78, 5) is 13.0. The Balaban J connectivity index is 1.75. The number of ketones is 1. The molecule has 2 unspecified atom stereocenters. The minimum atomic E-state index is 0.240. The third-order valence-corrected chi connectivity index (χ3v) is 4.29. The fraction of sp³-hybridized carbons (Fsp3) is 0.636. The van der Waals surface area contributed by atoms with E-state index in [9.17, 15) is 4.79 Å². The smallest absolute Gasteiger partial charge is 0.177 e. The Morgan fingerprint density at radius 2 is 2.13 bits per heavy atom. The van der Waals surface area contributed by atoms with Crippen molar-refractivity contribution in [2.24, 2.45) is 5.92 Å². The Bertz CT molecular complexity index is 351. The Hall–Kier alpha value is -0.740. The lowest BCUT2D eigenvalue weighted by Crippen LogP contribution is -2.40. The van der Waals surface area contributed by atoms with Gasteiger partial charge in [-0.15, -0.1) is 0 Å². The van der Waals surface area contributed by atoms with Gasteiger partial charge in [0.25, 0.3) is 0 Å². The van der Waals surface area contributed by atoms with Gasteiger partial charge in [-0.25, -0.2) is 4.37 Å². The third kappa shape index (κ3) is 1.72. The molecule has 80 valence electrons. The number of piperidine rings is 1. The van der Waals surface area contributed by atoms with Gasteiger partial charge in [0.1, 0.15) is 0 Å². The van der Waals surface area contributed by atoms with Crippen molar-refractivity contribution in [1.82, 2.24) is 9.69 Å². The normalized spacial score (nSPS) is 34.3. The van der Waals surface area contributed by atoms with Crippen molar-refractivity contribution in [3.05, 3.63) is 17.1 Å². The van der Waals surface area contributed by atoms with Crippen LogP contribution in [0, 0.1) is 5.92 Å². The lowest BCUT2D eigenvalue weighted by Gasteiger charge is -2.27. The van der Waals surface area contributed by atoms with Crippen molar-refractivity contribution in [3.63, 3.8) is 0 Å². The van der Waals surface area contributed by atoms with E-state index in [1.165, 1.54) is 24.4 Å². The molecule has 0 spiro atoms. The van der Waals surface area contributed by atoms with Crippen molar-refractivity contribution < 1.29 is 4.79 Å². The topological polar surface area (TPSA) is 42.0 Å². The molecule has 2 bridgehead atoms. The van der Waals surface area contributed by atoms with Crippen molar-refractivity contribution in [1.29, 1.82) is 0 Å². The zero-order chi connectivity index (χ0) is 10.3. The zero-order valence-electron chi connectivity index (χ0n) is 8.48. The van der Waals surface area contributed by atoms with Crippen LogP contribution >= 0.6 is 11.5 Å². The number of aromatic nitrogens is 1. The summed E-state index contributed by atoms with van der Waals surface area (Å²) in [6.45, 7) is 0. The SMILES string of the molecule is O=C(c1ccns1)C1CC2CCC(C1)N2. The average Bonchev–Trinajstić information content (AvgIpc) is 2.87. The second-order valence-electron chi connectivity index (χ2n) is 4.55. The van der Waals surface area contributed by atoms with Crippen LogP contribution in [0.25, 0.3) is 0 Å². The molecule has 2 fully saturated rings. The first-order chi connectivity index (χ1) is 7.33. The van der Waals surface area contributed by atoms with Crippen LogP contribution in [0.4, 0.5) is 0 Å². The number of carbonyl (C=O) groups is 1. The first-order valence-corrected chi connectivity index (χ1v) is 6.31. The number of fused-ring (bicyclic) bond motifs is 2. The summed E-state index contributed by atoms with van der Waals surface area (Å²) >= 11 is 1.33. The standard InChI is InChI=1S/C11H14N2OS/c14-11(10-3-4-12-15-10)7-5-8-1-2-9(6-7)13-8/h3-4,7-9,13H,1-2,5-6H2. The fourth-order valence-electron chi connectivity index (χ4n) is 2.82. The molecule has 0 radical (unpaired) electrons. The maximum atomic E-state index is 12.1. The van der Waals surface area contributed by atoms with E-state index >= 15 is 0 Å². The van der Waals surface area contributed by atoms with Crippen LogP contribution < -0.4 is 5.32 Å². The third-order valence-electron chi connectivity index (χ3n) is 3.52. The second kappa shape index (κ2) is 3.68. The maximum absolute atomic E-state index is 12.1. The zero-order valence-corrected chi connectivity index (χ0v) is 9.30. The van der Waals surface area contributed by atoms with E-state index in [1.807, 2.05) is 6.07 Å². The maximum Gasteiger partial charge on any atom is 0.177 e. The highest BCUT2D eigenvalue weighted by atomic mass is 32.1. The molecule has 0 aliphatic carbocycles. The molecule has 3 heterocycles. The average molecular weight is 222 g/mol. The van der Waals surface area contributed by atoms with Gasteiger partial charge in [-0.3, -0.25) is 4.79 Å². The summed E-state index contributed by atoms with van der Waals surface area (Å²) in [7, 11) is 0. The summed E-state index contributed by atoms with van der Waals surface area (Å²) < 4.78 is 4.00. The number of nitrogens with one attached hydrogen (secondary N) is 1. The van der Waals surface area contributed by atoms with E-state index in [1.54, 1.807) is 6.20 Å². The monoisotopic (exact) mass is 222 g/mol. The van der Waals surface area contributed by atoms with Gasteiger partial charge >= 0.3 is 0 Å². The minimum absolute atomic E-state index is 0.240. The van der Waals surface area contributed by atoms with Crippen LogP contribution in [0.1, 0.15) is 35.4 Å². The lowest BCUT2D eigenvalue weighted by molar-refractivity contribution is 0.0880. The number of Topliss-reactive ketones (excluding diaryl/α,β-unsaturated/α-hetero) is 1. The first kappa shape index (κ1) is 9.48. The number of carbonyl (C=O) groups excluding carboxylic acids is 1. The Morgan fingerprint density at radius 3 is 2.73 bits per heavy atom. The summed E-state index contributed by atoms with van der Waals surface area (Å²) in [5, 5.41) is 3.56. The molecule has 1 aromatic heterocycles. The van der Waals surface area contributed by atoms with Gasteiger partial charge in [0.05, 0.1) is 4.88 Å². The number of rotatable bonds is 2. The van der Waals surface area contributed by atoms with Gasteiger partial charge in [-0.05, 0) is 43.3 Å². The highest BCUT2D eigenvalue weighted by Crippen LogP contribution is 2.33. The Kier molecular flexibility index (Phi) is 2.33. The number of hydrogen-bond donors (Lipinski definition) is 1. The number of nitrogens with zero attached hydrogens (tertiary/aromatic N) is 1. The minimum Gasteiger partial charge on any atom is -0.311 e. The van der Waals surface area contributed by atoms with Crippen molar-refractivity contribution >= 4 is 17.3 Å². The predicted octanol–water partition coefficient (Wildman–Crippen LogP) is 1.86. The van der Waals surface area contributed by atoms with Crippen LogP contribution in [-0.4, -0.2) is 22.2 Å². The molecule has 0 amide bonds. The molecular formula is C11H14N2OS. The van der Waals surface area contributed by atoms with Gasteiger partial charge in [-0.2, -0.15) is 0 Å². The van der Waals surface area contributed by atoms with Gasteiger partial charge in [0.2, 0.25) is 0 Å². The Morgan fingerprint density at radius 1 is 1.40 bits per heavy atom. The highest BCUT2D eigenvalue weighted by molar-refractivity contribution is 7.08. The van der Waals surface area contributed by atoms with Crippen molar-refractivity contribution in [2.75, 3.05) is 0 Å². The highest BCUT2D eigenvalue weighted by Gasteiger charge is 2.37. The summed E-state index contributed by atoms with van der Waals surface area (Å²) in [5.74, 6) is 0.556. The predicted molar refractivity (Wildman–Crippen MR) is 59.1 cm³/mol. The van der Waals surface area contributed by atoms with Crippen molar-refractivity contribution in [2.45, 2.75) is 37.8 Å². The summed E-state index contributed by atoms with van der Waals surface area (Å²) in [6, 6.07) is 3.02. The van der Waals surface area contributed by atoms with Gasteiger partial charge < -0.3 is 5.32 Å². The first-order valence-electron chi connectivity index (χ1n) is 5.54. The second-order valence-corrected chi connectivity index (χ2v) is 5.38. The van der Waals surface area contributed by atoms with E-state index in [4.69, 9.17) is 0 Å². The molecule has 3 nitrogen and oxygen atoms in total. The van der Waals surface area contributed by atoms with E-state index in [2.05, 4.69) is 9.69 Å². The molecule has 1 aromatic rings. The fourth-order valence-corrected chi connectivity index (χ4v) is 3.43. The van der Waals surface area contributed by atoms with E-state index in [0.29, 0.717) is 17.9 Å². The van der Waals surface area contributed by atoms with Crippen LogP contribution in [0.15, 0.2) is 12.3 Å². The molecular weight excluding hydrogens is 208 g/mol.